The van der Waals surface area contributed by atoms with Gasteiger partial charge in [0.2, 0.25) is 11.8 Å². The van der Waals surface area contributed by atoms with E-state index in [1.165, 1.54) is 54.5 Å². The third-order valence-corrected chi connectivity index (χ3v) is 9.51. The quantitative estimate of drug-likeness (QED) is 0.0757. The van der Waals surface area contributed by atoms with Gasteiger partial charge in [0.1, 0.15) is 5.75 Å². The Balaban J connectivity index is 0.000000334. The summed E-state index contributed by atoms with van der Waals surface area (Å²) < 4.78 is 5.55. The summed E-state index contributed by atoms with van der Waals surface area (Å²) in [6.45, 7) is 9.23. The molecule has 1 atom stereocenters. The molecular formula is C38H61N3O4S. The topological polar surface area (TPSA) is 102 Å². The van der Waals surface area contributed by atoms with Crippen LogP contribution in [0.4, 0.5) is 0 Å². The Kier molecular flexibility index (Phi) is 21.0. The molecule has 46 heavy (non-hydrogen) atoms. The first-order chi connectivity index (χ1) is 22.4. The van der Waals surface area contributed by atoms with Crippen molar-refractivity contribution in [1.29, 1.82) is 0 Å². The number of unbranched alkanes of at least 4 members (excludes halogenated alkanes) is 8. The van der Waals surface area contributed by atoms with E-state index in [0.29, 0.717) is 25.3 Å². The predicted octanol–water partition coefficient (Wildman–Crippen LogP) is 8.16. The van der Waals surface area contributed by atoms with Crippen LogP contribution in [0.1, 0.15) is 133 Å². The monoisotopic (exact) mass is 655 g/mol. The number of amides is 2. The van der Waals surface area contributed by atoms with Crippen LogP contribution in [-0.2, 0) is 33.6 Å². The molecule has 0 radical (unpaired) electrons. The molecule has 8 heteroatoms. The van der Waals surface area contributed by atoms with Gasteiger partial charge in [-0.1, -0.05) is 83.9 Å². The lowest BCUT2D eigenvalue weighted by molar-refractivity contribution is -0.134. The summed E-state index contributed by atoms with van der Waals surface area (Å²) in [6.07, 6.45) is 18.5. The minimum absolute atomic E-state index is 0.149. The number of benzene rings is 1. The van der Waals surface area contributed by atoms with Crippen molar-refractivity contribution in [1.82, 2.24) is 10.2 Å². The Morgan fingerprint density at radius 3 is 2.20 bits per heavy atom. The molecule has 0 aliphatic heterocycles. The zero-order valence-corrected chi connectivity index (χ0v) is 29.8. The van der Waals surface area contributed by atoms with E-state index in [9.17, 15) is 14.4 Å². The van der Waals surface area contributed by atoms with E-state index in [4.69, 9.17) is 10.5 Å². The number of carbonyl (C=O) groups is 3. The number of rotatable bonds is 22. The van der Waals surface area contributed by atoms with E-state index in [2.05, 4.69) is 47.6 Å². The van der Waals surface area contributed by atoms with Gasteiger partial charge in [-0.3, -0.25) is 19.3 Å². The fourth-order valence-electron chi connectivity index (χ4n) is 6.00. The highest BCUT2D eigenvalue weighted by atomic mass is 32.1. The number of thiophene rings is 1. The van der Waals surface area contributed by atoms with Crippen LogP contribution in [0.5, 0.6) is 5.75 Å². The van der Waals surface area contributed by atoms with Crippen LogP contribution in [0.15, 0.2) is 35.7 Å². The maximum Gasteiger partial charge on any atom is 0.310 e. The number of fused-ring (bicyclic) bond motifs is 1. The highest BCUT2D eigenvalue weighted by Gasteiger charge is 2.26. The van der Waals surface area contributed by atoms with Gasteiger partial charge in [0.25, 0.3) is 0 Å². The van der Waals surface area contributed by atoms with Crippen molar-refractivity contribution in [2.45, 2.75) is 142 Å². The molecule has 3 rings (SSSR count). The van der Waals surface area contributed by atoms with Gasteiger partial charge in [-0.25, -0.2) is 0 Å². The maximum absolute atomic E-state index is 11.7. The average Bonchev–Trinajstić information content (AvgIpc) is 3.58. The van der Waals surface area contributed by atoms with Crippen molar-refractivity contribution < 1.29 is 19.1 Å². The van der Waals surface area contributed by atoms with Crippen LogP contribution < -0.4 is 15.8 Å². The first kappa shape index (κ1) is 39.5. The zero-order valence-electron chi connectivity index (χ0n) is 29.0. The number of nitrogens with two attached hydrogens (primary N) is 1. The maximum atomic E-state index is 11.7. The van der Waals surface area contributed by atoms with E-state index >= 15 is 0 Å². The Morgan fingerprint density at radius 2 is 1.59 bits per heavy atom. The largest absolute Gasteiger partial charge is 0.426 e. The SMILES string of the molecule is CCCN(CCc1cccs1)[C@@H]1CCc2c(cccc2OC(=O)CC)C1.CCCNC(=O)CCCCCCCCCCCC(N)=O. The molecule has 1 aliphatic carbocycles. The normalized spacial score (nSPS) is 13.9. The van der Waals surface area contributed by atoms with Gasteiger partial charge in [-0.15, -0.1) is 11.3 Å². The lowest BCUT2D eigenvalue weighted by Crippen LogP contribution is -2.41. The standard InChI is InChI=1S/C22H29NO2S.C16H32N2O2/c1-3-13-23(14-12-19-8-6-15-26-19)18-10-11-20-17(16-18)7-5-9-21(20)25-22(24)4-2;1-2-14-18-16(20)13-11-9-7-5-3-4-6-8-10-12-15(17)19/h5-9,15,18H,3-4,10-14,16H2,1-2H3;2-14H2,1H3,(H2,17,19)(H,18,20)/t18-;/m1./s1. The van der Waals surface area contributed by atoms with E-state index in [0.717, 1.165) is 83.2 Å². The second kappa shape index (κ2) is 24.5. The second-order valence-corrected chi connectivity index (χ2v) is 13.5. The summed E-state index contributed by atoms with van der Waals surface area (Å²) in [6, 6.07) is 11.1. The molecule has 1 heterocycles. The second-order valence-electron chi connectivity index (χ2n) is 12.5. The number of nitrogens with one attached hydrogen (secondary N) is 1. The molecule has 7 nitrogen and oxygen atoms in total. The molecule has 3 N–H and O–H groups in total. The van der Waals surface area contributed by atoms with E-state index in [1.807, 2.05) is 30.4 Å². The minimum atomic E-state index is -0.187. The Morgan fingerprint density at radius 1 is 0.891 bits per heavy atom. The number of hydrogen-bond donors (Lipinski definition) is 2. The van der Waals surface area contributed by atoms with Gasteiger partial charge >= 0.3 is 5.97 Å². The average molecular weight is 656 g/mol. The van der Waals surface area contributed by atoms with Crippen molar-refractivity contribution in [2.24, 2.45) is 5.73 Å². The van der Waals surface area contributed by atoms with Crippen LogP contribution in [0.3, 0.4) is 0 Å². The number of esters is 1. The molecule has 2 amide bonds. The fourth-order valence-corrected chi connectivity index (χ4v) is 6.70. The number of carbonyl (C=O) groups excluding carboxylic acids is 3. The lowest BCUT2D eigenvalue weighted by atomic mass is 9.86. The Bertz CT molecular complexity index is 1120. The van der Waals surface area contributed by atoms with E-state index < -0.39 is 0 Å². The molecule has 1 aromatic heterocycles. The van der Waals surface area contributed by atoms with Crippen LogP contribution >= 0.6 is 11.3 Å². The molecule has 0 bridgehead atoms. The molecule has 0 saturated heterocycles. The summed E-state index contributed by atoms with van der Waals surface area (Å²) in [5.41, 5.74) is 7.67. The molecule has 258 valence electrons. The third kappa shape index (κ3) is 16.7. The van der Waals surface area contributed by atoms with Crippen LogP contribution in [0.25, 0.3) is 0 Å². The van der Waals surface area contributed by atoms with Crippen LogP contribution in [-0.4, -0.2) is 48.4 Å². The Labute approximate surface area is 283 Å². The minimum Gasteiger partial charge on any atom is -0.426 e. The number of hydrogen-bond acceptors (Lipinski definition) is 6. The van der Waals surface area contributed by atoms with Crippen molar-refractivity contribution >= 4 is 29.1 Å². The van der Waals surface area contributed by atoms with Crippen LogP contribution in [0.2, 0.25) is 0 Å². The van der Waals surface area contributed by atoms with Gasteiger partial charge in [0.15, 0.2) is 0 Å². The van der Waals surface area contributed by atoms with Gasteiger partial charge in [-0.2, -0.15) is 0 Å². The molecule has 1 aromatic carbocycles. The molecule has 1 aliphatic rings. The van der Waals surface area contributed by atoms with Crippen molar-refractivity contribution in [3.63, 3.8) is 0 Å². The summed E-state index contributed by atoms with van der Waals surface area (Å²) in [5, 5.41) is 5.06. The molecule has 0 saturated carbocycles. The summed E-state index contributed by atoms with van der Waals surface area (Å²) in [5.74, 6) is 0.631. The van der Waals surface area contributed by atoms with Gasteiger partial charge in [-0.05, 0) is 86.6 Å². The van der Waals surface area contributed by atoms with Gasteiger partial charge < -0.3 is 15.8 Å². The molecule has 0 unspecified atom stereocenters. The van der Waals surface area contributed by atoms with Crippen molar-refractivity contribution in [3.8, 4) is 5.75 Å². The first-order valence-electron chi connectivity index (χ1n) is 18.0. The molecular weight excluding hydrogens is 595 g/mol. The van der Waals surface area contributed by atoms with Gasteiger partial charge in [0.05, 0.1) is 0 Å². The smallest absolute Gasteiger partial charge is 0.310 e. The Hall–Kier alpha value is -2.71. The summed E-state index contributed by atoms with van der Waals surface area (Å²) in [4.78, 5) is 37.7. The van der Waals surface area contributed by atoms with E-state index in [1.54, 1.807) is 0 Å². The lowest BCUT2D eigenvalue weighted by Gasteiger charge is -2.35. The summed E-state index contributed by atoms with van der Waals surface area (Å²) in [7, 11) is 0. The number of ether oxygens (including phenoxy) is 1. The zero-order chi connectivity index (χ0) is 33.4. The highest BCUT2D eigenvalue weighted by Crippen LogP contribution is 2.32. The van der Waals surface area contributed by atoms with Crippen LogP contribution in [0, 0.1) is 0 Å². The van der Waals surface area contributed by atoms with Crippen molar-refractivity contribution in [3.05, 3.63) is 51.7 Å². The third-order valence-electron chi connectivity index (χ3n) is 8.58. The molecule has 2 aromatic rings. The van der Waals surface area contributed by atoms with Gasteiger partial charge in [0, 0.05) is 43.3 Å². The number of primary amides is 1. The van der Waals surface area contributed by atoms with E-state index in [-0.39, 0.29) is 17.8 Å². The number of nitrogens with zero attached hydrogens (tertiary/aromatic N) is 1. The summed E-state index contributed by atoms with van der Waals surface area (Å²) >= 11 is 1.85. The fraction of sp³-hybridized carbons (Fsp3) is 0.658. The highest BCUT2D eigenvalue weighted by molar-refractivity contribution is 7.09. The first-order valence-corrected chi connectivity index (χ1v) is 18.9. The van der Waals surface area contributed by atoms with Crippen molar-refractivity contribution in [2.75, 3.05) is 19.6 Å². The molecule has 0 fully saturated rings. The molecule has 0 spiro atoms. The predicted molar refractivity (Wildman–Crippen MR) is 191 cm³/mol.